The van der Waals surface area contributed by atoms with Crippen LogP contribution in [0, 0.1) is 25.2 Å². The molecule has 1 saturated heterocycles. The number of ether oxygens (including phenoxy) is 1. The van der Waals surface area contributed by atoms with Gasteiger partial charge in [0.2, 0.25) is 5.91 Å². The molecule has 1 aromatic heterocycles. The van der Waals surface area contributed by atoms with Crippen LogP contribution in [0.2, 0.25) is 0 Å². The Balaban J connectivity index is 1.46. The van der Waals surface area contributed by atoms with E-state index in [1.165, 1.54) is 0 Å². The lowest BCUT2D eigenvalue weighted by molar-refractivity contribution is -0.138. The van der Waals surface area contributed by atoms with Crippen molar-refractivity contribution in [1.29, 1.82) is 0 Å². The second-order valence-electron chi connectivity index (χ2n) is 7.90. The maximum atomic E-state index is 12.4. The highest BCUT2D eigenvalue weighted by Gasteiger charge is 2.59. The van der Waals surface area contributed by atoms with Crippen molar-refractivity contribution in [3.8, 4) is 0 Å². The average molecular weight is 335 g/mol. The summed E-state index contributed by atoms with van der Waals surface area (Å²) in [6, 6.07) is 0.241. The Morgan fingerprint density at radius 2 is 2.17 bits per heavy atom. The molecule has 6 heteroatoms. The van der Waals surface area contributed by atoms with Gasteiger partial charge in [-0.25, -0.2) is 0 Å². The molecule has 2 aliphatic rings. The Hall–Kier alpha value is -1.40. The molecule has 2 heterocycles. The van der Waals surface area contributed by atoms with Crippen LogP contribution in [0.4, 0.5) is 0 Å². The third-order valence-corrected chi connectivity index (χ3v) is 5.75. The number of hydrogen-bond donors (Lipinski definition) is 1. The molecule has 1 aromatic rings. The average Bonchev–Trinajstić information content (AvgIpc) is 3.11. The van der Waals surface area contributed by atoms with Crippen molar-refractivity contribution in [1.82, 2.24) is 15.4 Å². The van der Waals surface area contributed by atoms with Crippen LogP contribution in [-0.4, -0.2) is 48.3 Å². The number of rotatable bonds is 6. The highest BCUT2D eigenvalue weighted by Crippen LogP contribution is 2.52. The topological polar surface area (TPSA) is 67.6 Å². The van der Waals surface area contributed by atoms with Gasteiger partial charge in [-0.3, -0.25) is 4.79 Å². The van der Waals surface area contributed by atoms with Gasteiger partial charge in [0.25, 0.3) is 0 Å². The van der Waals surface area contributed by atoms with E-state index in [2.05, 4.69) is 29.2 Å². The van der Waals surface area contributed by atoms with Gasteiger partial charge in [-0.15, -0.1) is 0 Å². The zero-order chi connectivity index (χ0) is 17.5. The van der Waals surface area contributed by atoms with E-state index < -0.39 is 0 Å². The lowest BCUT2D eigenvalue weighted by atomic mass is 9.57. The van der Waals surface area contributed by atoms with Crippen LogP contribution in [0.1, 0.15) is 43.7 Å². The first-order chi connectivity index (χ1) is 11.3. The summed E-state index contributed by atoms with van der Waals surface area (Å²) in [5.41, 5.74) is 2.08. The van der Waals surface area contributed by atoms with Crippen molar-refractivity contribution in [2.75, 3.05) is 20.2 Å². The van der Waals surface area contributed by atoms with E-state index in [0.717, 1.165) is 36.6 Å². The molecule has 6 nitrogen and oxygen atoms in total. The van der Waals surface area contributed by atoms with Crippen molar-refractivity contribution < 1.29 is 14.1 Å². The first-order valence-corrected chi connectivity index (χ1v) is 8.82. The van der Waals surface area contributed by atoms with Gasteiger partial charge in [-0.2, -0.15) is 0 Å². The van der Waals surface area contributed by atoms with E-state index in [0.29, 0.717) is 25.0 Å². The minimum absolute atomic E-state index is 0.0411. The molecular formula is C18H29N3O3. The van der Waals surface area contributed by atoms with E-state index in [1.807, 2.05) is 20.9 Å². The largest absolute Gasteiger partial charge is 0.377 e. The summed E-state index contributed by atoms with van der Waals surface area (Å²) in [6.07, 6.45) is 1.88. The van der Waals surface area contributed by atoms with Crippen molar-refractivity contribution in [2.24, 2.45) is 11.3 Å². The summed E-state index contributed by atoms with van der Waals surface area (Å²) < 4.78 is 11.0. The number of amides is 1. The number of aryl methyl sites for hydroxylation is 2. The van der Waals surface area contributed by atoms with Crippen LogP contribution in [0.15, 0.2) is 4.52 Å². The number of nitrogens with one attached hydrogen (secondary N) is 1. The third-order valence-electron chi connectivity index (χ3n) is 5.75. The van der Waals surface area contributed by atoms with Crippen LogP contribution < -0.4 is 5.32 Å². The highest BCUT2D eigenvalue weighted by molar-refractivity contribution is 5.76. The summed E-state index contributed by atoms with van der Waals surface area (Å²) in [5.74, 6) is 1.47. The van der Waals surface area contributed by atoms with E-state index in [9.17, 15) is 4.79 Å². The molecule has 3 unspecified atom stereocenters. The predicted octanol–water partition coefficient (Wildman–Crippen LogP) is 2.04. The number of carbonyl (C=O) groups is 1. The third kappa shape index (κ3) is 3.09. The first kappa shape index (κ1) is 17.4. The lowest BCUT2D eigenvalue weighted by Gasteiger charge is -2.54. The molecule has 1 N–H and O–H groups in total. The Morgan fingerprint density at radius 1 is 1.42 bits per heavy atom. The second kappa shape index (κ2) is 6.48. The van der Waals surface area contributed by atoms with Gasteiger partial charge < -0.3 is 19.5 Å². The fourth-order valence-electron chi connectivity index (χ4n) is 4.23. The van der Waals surface area contributed by atoms with Crippen LogP contribution in [-0.2, 0) is 16.1 Å². The molecule has 24 heavy (non-hydrogen) atoms. The fraction of sp³-hybridized carbons (Fsp3) is 0.778. The molecule has 3 rings (SSSR count). The summed E-state index contributed by atoms with van der Waals surface area (Å²) in [7, 11) is 2.02. The monoisotopic (exact) mass is 335 g/mol. The van der Waals surface area contributed by atoms with Gasteiger partial charge in [0.15, 0.2) is 0 Å². The SMILES string of the molecule is Cc1noc(C)c1CN(C)CCC(=O)NC1C2CCOC2C1(C)C. The quantitative estimate of drug-likeness (QED) is 0.862. The smallest absolute Gasteiger partial charge is 0.221 e. The van der Waals surface area contributed by atoms with Crippen LogP contribution in [0.5, 0.6) is 0 Å². The molecule has 1 aliphatic carbocycles. The number of carbonyl (C=O) groups excluding carboxylic acids is 1. The molecule has 134 valence electrons. The van der Waals surface area contributed by atoms with Gasteiger partial charge in [0, 0.05) is 49.1 Å². The molecule has 2 fully saturated rings. The standard InChI is InChI=1S/C18H29N3O3/c1-11-14(12(2)24-20-11)10-21(5)8-6-15(22)19-16-13-7-9-23-17(13)18(16,3)4/h13,16-17H,6-10H2,1-5H3,(H,19,22). The van der Waals surface area contributed by atoms with Gasteiger partial charge in [-0.05, 0) is 27.3 Å². The van der Waals surface area contributed by atoms with Gasteiger partial charge in [0.1, 0.15) is 5.76 Å². The highest BCUT2D eigenvalue weighted by atomic mass is 16.5. The Morgan fingerprint density at radius 3 is 2.83 bits per heavy atom. The molecule has 1 aliphatic heterocycles. The maximum Gasteiger partial charge on any atom is 0.221 e. The van der Waals surface area contributed by atoms with Crippen molar-refractivity contribution in [3.05, 3.63) is 17.0 Å². The van der Waals surface area contributed by atoms with Crippen molar-refractivity contribution in [3.63, 3.8) is 0 Å². The predicted molar refractivity (Wildman–Crippen MR) is 90.5 cm³/mol. The van der Waals surface area contributed by atoms with E-state index >= 15 is 0 Å². The van der Waals surface area contributed by atoms with Crippen LogP contribution in [0.3, 0.4) is 0 Å². The van der Waals surface area contributed by atoms with Gasteiger partial charge in [-0.1, -0.05) is 19.0 Å². The Labute approximate surface area is 143 Å². The molecule has 0 bridgehead atoms. The number of hydrogen-bond acceptors (Lipinski definition) is 5. The van der Waals surface area contributed by atoms with E-state index in [4.69, 9.17) is 9.26 Å². The van der Waals surface area contributed by atoms with E-state index in [-0.39, 0.29) is 17.4 Å². The Kier molecular flexibility index (Phi) is 4.71. The normalized spacial score (nSPS) is 27.8. The fourth-order valence-corrected chi connectivity index (χ4v) is 4.23. The molecule has 0 radical (unpaired) electrons. The molecular weight excluding hydrogens is 306 g/mol. The molecule has 0 aromatic carbocycles. The minimum atomic E-state index is 0.0411. The van der Waals surface area contributed by atoms with Crippen LogP contribution >= 0.6 is 0 Å². The number of fused-ring (bicyclic) bond motifs is 1. The zero-order valence-corrected chi connectivity index (χ0v) is 15.4. The molecule has 0 spiro atoms. The Bertz CT molecular complexity index is 591. The summed E-state index contributed by atoms with van der Waals surface area (Å²) in [5, 5.41) is 7.21. The van der Waals surface area contributed by atoms with Crippen molar-refractivity contribution in [2.45, 2.75) is 59.2 Å². The summed E-state index contributed by atoms with van der Waals surface area (Å²) >= 11 is 0. The number of aromatic nitrogens is 1. The van der Waals surface area contributed by atoms with Crippen molar-refractivity contribution >= 4 is 5.91 Å². The second-order valence-corrected chi connectivity index (χ2v) is 7.90. The minimum Gasteiger partial charge on any atom is -0.377 e. The number of nitrogens with zero attached hydrogens (tertiary/aromatic N) is 2. The van der Waals surface area contributed by atoms with Crippen LogP contribution in [0.25, 0.3) is 0 Å². The first-order valence-electron chi connectivity index (χ1n) is 8.82. The van der Waals surface area contributed by atoms with Gasteiger partial charge in [0.05, 0.1) is 11.8 Å². The van der Waals surface area contributed by atoms with Gasteiger partial charge >= 0.3 is 0 Å². The lowest BCUT2D eigenvalue weighted by Crippen LogP contribution is -2.66. The maximum absolute atomic E-state index is 12.4. The van der Waals surface area contributed by atoms with E-state index in [1.54, 1.807) is 0 Å². The molecule has 1 amide bonds. The zero-order valence-electron chi connectivity index (χ0n) is 15.4. The molecule has 1 saturated carbocycles. The summed E-state index contributed by atoms with van der Waals surface area (Å²) in [4.78, 5) is 14.5. The summed E-state index contributed by atoms with van der Waals surface area (Å²) in [6.45, 7) is 10.5. The molecule has 3 atom stereocenters.